The molecule has 6 heteroatoms. The number of hydrogen-bond donors (Lipinski definition) is 0. The van der Waals surface area contributed by atoms with Gasteiger partial charge in [-0.05, 0) is 32.1 Å². The van der Waals surface area contributed by atoms with Crippen LogP contribution < -0.4 is 9.64 Å². The van der Waals surface area contributed by atoms with E-state index in [1.54, 1.807) is 12.1 Å². The summed E-state index contributed by atoms with van der Waals surface area (Å²) in [5, 5.41) is 0. The molecule has 25 heavy (non-hydrogen) atoms. The van der Waals surface area contributed by atoms with Crippen molar-refractivity contribution in [1.29, 1.82) is 0 Å². The van der Waals surface area contributed by atoms with Gasteiger partial charge in [0.15, 0.2) is 0 Å². The third-order valence-electron chi connectivity index (χ3n) is 3.59. The average Bonchev–Trinajstić information content (AvgIpc) is 2.65. The highest BCUT2D eigenvalue weighted by atomic mass is 16.5. The first-order valence-electron chi connectivity index (χ1n) is 8.03. The molecule has 0 aliphatic rings. The van der Waals surface area contributed by atoms with Crippen LogP contribution in [-0.4, -0.2) is 45.9 Å². The lowest BCUT2D eigenvalue weighted by Crippen LogP contribution is -2.21. The first-order valence-corrected chi connectivity index (χ1v) is 8.03. The normalized spacial score (nSPS) is 9.76. The Morgan fingerprint density at radius 2 is 1.72 bits per heavy atom. The fraction of sp³-hybridized carbons (Fsp3) is 0.368. The summed E-state index contributed by atoms with van der Waals surface area (Å²) in [5.74, 6) is -1.00. The smallest absolute Gasteiger partial charge is 0.345 e. The van der Waals surface area contributed by atoms with Gasteiger partial charge in [-0.3, -0.25) is 0 Å². The molecule has 1 rings (SSSR count). The fourth-order valence-corrected chi connectivity index (χ4v) is 2.28. The topological polar surface area (TPSA) is 65.1 Å². The molecule has 0 atom stereocenters. The molecule has 0 radical (unpaired) electrons. The zero-order chi connectivity index (χ0) is 18.8. The van der Waals surface area contributed by atoms with Gasteiger partial charge in [-0.25, -0.2) is 9.59 Å². The number of methoxy groups -OCH3 is 2. The summed E-state index contributed by atoms with van der Waals surface area (Å²) in [6.07, 6.45) is 3.03. The number of esters is 2. The maximum absolute atomic E-state index is 11.9. The van der Waals surface area contributed by atoms with Crippen LogP contribution in [0.3, 0.4) is 0 Å². The maximum Gasteiger partial charge on any atom is 0.345 e. The molecule has 0 unspecified atom stereocenters. The summed E-state index contributed by atoms with van der Waals surface area (Å²) in [6.45, 7) is 9.77. The number of anilines is 1. The van der Waals surface area contributed by atoms with E-state index in [0.29, 0.717) is 17.9 Å². The molecule has 136 valence electrons. The molecule has 0 saturated heterocycles. The summed E-state index contributed by atoms with van der Waals surface area (Å²) in [4.78, 5) is 25.9. The van der Waals surface area contributed by atoms with Crippen molar-refractivity contribution in [2.24, 2.45) is 0 Å². The zero-order valence-electron chi connectivity index (χ0n) is 15.2. The van der Waals surface area contributed by atoms with Crippen molar-refractivity contribution >= 4 is 23.7 Å². The number of nitrogens with zero attached hydrogens (tertiary/aromatic N) is 1. The standard InChI is InChI=1S/C19H25NO5/c1-6-11-25-17-13-15(20(7-2)8-3)10-9-14(17)12-16(18(21)23-4)19(22)24-5/h6,9-10,12-13H,1,7-8,11H2,2-5H3. The summed E-state index contributed by atoms with van der Waals surface area (Å²) >= 11 is 0. The minimum absolute atomic E-state index is 0.205. The predicted octanol–water partition coefficient (Wildman–Crippen LogP) is 2.83. The fourth-order valence-electron chi connectivity index (χ4n) is 2.28. The largest absolute Gasteiger partial charge is 0.489 e. The highest BCUT2D eigenvalue weighted by Gasteiger charge is 2.21. The molecule has 0 bridgehead atoms. The summed E-state index contributed by atoms with van der Waals surface area (Å²) in [6, 6.07) is 5.57. The van der Waals surface area contributed by atoms with Gasteiger partial charge >= 0.3 is 11.9 Å². The van der Waals surface area contributed by atoms with Crippen molar-refractivity contribution in [1.82, 2.24) is 0 Å². The molecule has 0 aliphatic carbocycles. The predicted molar refractivity (Wildman–Crippen MR) is 97.7 cm³/mol. The summed E-state index contributed by atoms with van der Waals surface area (Å²) in [7, 11) is 2.41. The number of carbonyl (C=O) groups is 2. The van der Waals surface area contributed by atoms with Crippen molar-refractivity contribution in [3.63, 3.8) is 0 Å². The van der Waals surface area contributed by atoms with E-state index in [9.17, 15) is 9.59 Å². The second-order valence-corrected chi connectivity index (χ2v) is 5.04. The van der Waals surface area contributed by atoms with E-state index in [-0.39, 0.29) is 5.57 Å². The van der Waals surface area contributed by atoms with E-state index >= 15 is 0 Å². The van der Waals surface area contributed by atoms with Crippen LogP contribution in [0.2, 0.25) is 0 Å². The number of hydrogen-bond acceptors (Lipinski definition) is 6. The van der Waals surface area contributed by atoms with Crippen LogP contribution in [0.25, 0.3) is 6.08 Å². The minimum atomic E-state index is -0.769. The van der Waals surface area contributed by atoms with Crippen LogP contribution in [-0.2, 0) is 19.1 Å². The van der Waals surface area contributed by atoms with Gasteiger partial charge in [0.2, 0.25) is 0 Å². The SMILES string of the molecule is C=CCOc1cc(N(CC)CC)ccc1C=C(C(=O)OC)C(=O)OC. The lowest BCUT2D eigenvalue weighted by atomic mass is 10.1. The van der Waals surface area contributed by atoms with E-state index in [1.807, 2.05) is 12.1 Å². The molecule has 0 saturated carbocycles. The molecule has 0 spiro atoms. The number of benzene rings is 1. The molecule has 1 aromatic carbocycles. The first-order chi connectivity index (χ1) is 12.0. The van der Waals surface area contributed by atoms with Gasteiger partial charge in [0.1, 0.15) is 17.9 Å². The molecular weight excluding hydrogens is 322 g/mol. The van der Waals surface area contributed by atoms with E-state index < -0.39 is 11.9 Å². The van der Waals surface area contributed by atoms with E-state index in [0.717, 1.165) is 18.8 Å². The molecule has 0 fully saturated rings. The second kappa shape index (κ2) is 10.2. The monoisotopic (exact) mass is 347 g/mol. The summed E-state index contributed by atoms with van der Waals surface area (Å²) < 4.78 is 15.0. The number of carbonyl (C=O) groups excluding carboxylic acids is 2. The quantitative estimate of drug-likeness (QED) is 0.225. The third kappa shape index (κ3) is 5.38. The van der Waals surface area contributed by atoms with E-state index in [4.69, 9.17) is 4.74 Å². The number of rotatable bonds is 9. The van der Waals surface area contributed by atoms with Gasteiger partial charge in [-0.1, -0.05) is 12.7 Å². The van der Waals surface area contributed by atoms with Gasteiger partial charge in [0.25, 0.3) is 0 Å². The molecule has 0 aromatic heterocycles. The van der Waals surface area contributed by atoms with Crippen molar-refractivity contribution in [3.05, 3.63) is 42.0 Å². The van der Waals surface area contributed by atoms with Gasteiger partial charge in [0.05, 0.1) is 14.2 Å². The Labute approximate surface area is 148 Å². The Balaban J connectivity index is 3.39. The molecule has 0 aliphatic heterocycles. The Kier molecular flexibility index (Phi) is 8.26. The molecule has 0 N–H and O–H groups in total. The van der Waals surface area contributed by atoms with E-state index in [1.165, 1.54) is 20.3 Å². The first kappa shape index (κ1) is 20.3. The Bertz CT molecular complexity index is 629. The molecule has 6 nitrogen and oxygen atoms in total. The Hall–Kier alpha value is -2.76. The molecule has 0 amide bonds. The minimum Gasteiger partial charge on any atom is -0.489 e. The zero-order valence-corrected chi connectivity index (χ0v) is 15.2. The third-order valence-corrected chi connectivity index (χ3v) is 3.59. The van der Waals surface area contributed by atoms with Crippen molar-refractivity contribution in [3.8, 4) is 5.75 Å². The van der Waals surface area contributed by atoms with Crippen LogP contribution in [0.1, 0.15) is 19.4 Å². The van der Waals surface area contributed by atoms with Gasteiger partial charge in [-0.2, -0.15) is 0 Å². The second-order valence-electron chi connectivity index (χ2n) is 5.04. The van der Waals surface area contributed by atoms with Gasteiger partial charge in [0, 0.05) is 30.4 Å². The van der Waals surface area contributed by atoms with Gasteiger partial charge < -0.3 is 19.1 Å². The van der Waals surface area contributed by atoms with Crippen LogP contribution in [0, 0.1) is 0 Å². The van der Waals surface area contributed by atoms with Crippen LogP contribution in [0.15, 0.2) is 36.4 Å². The van der Waals surface area contributed by atoms with Crippen molar-refractivity contribution < 1.29 is 23.8 Å². The highest BCUT2D eigenvalue weighted by molar-refractivity contribution is 6.17. The van der Waals surface area contributed by atoms with Crippen LogP contribution in [0.5, 0.6) is 5.75 Å². The van der Waals surface area contributed by atoms with Gasteiger partial charge in [-0.15, -0.1) is 0 Å². The Morgan fingerprint density at radius 1 is 1.12 bits per heavy atom. The highest BCUT2D eigenvalue weighted by Crippen LogP contribution is 2.28. The lowest BCUT2D eigenvalue weighted by Gasteiger charge is -2.22. The van der Waals surface area contributed by atoms with Crippen LogP contribution in [0.4, 0.5) is 5.69 Å². The van der Waals surface area contributed by atoms with Crippen molar-refractivity contribution in [2.45, 2.75) is 13.8 Å². The molecule has 0 heterocycles. The summed E-state index contributed by atoms with van der Waals surface area (Å²) in [5.41, 5.74) is 1.35. The molecular formula is C19H25NO5. The van der Waals surface area contributed by atoms with E-state index in [2.05, 4.69) is 34.8 Å². The lowest BCUT2D eigenvalue weighted by molar-refractivity contribution is -0.143. The molecule has 1 aromatic rings. The van der Waals surface area contributed by atoms with Crippen molar-refractivity contribution in [2.75, 3.05) is 38.8 Å². The maximum atomic E-state index is 11.9. The Morgan fingerprint density at radius 3 is 2.20 bits per heavy atom. The van der Waals surface area contributed by atoms with Crippen LogP contribution >= 0.6 is 0 Å². The average molecular weight is 347 g/mol. The number of ether oxygens (including phenoxy) is 3.